The van der Waals surface area contributed by atoms with Gasteiger partial charge in [0.15, 0.2) is 9.84 Å². The standard InChI is InChI=1S/C18H29N3O7S2/c1-4-9-20(12-13-28-29(3,24)25)17-6-5-15(21(22)23)14-18(17)30(26,27)16-7-10-19(2)11-8-16/h5-6,14,16H,4,7-13H2,1-3H3. The molecule has 0 bridgehead atoms. The maximum Gasteiger partial charge on any atom is 0.270 e. The van der Waals surface area contributed by atoms with E-state index in [4.69, 9.17) is 4.18 Å². The summed E-state index contributed by atoms with van der Waals surface area (Å²) in [5.41, 5.74) is 0.0348. The lowest BCUT2D eigenvalue weighted by atomic mass is 10.1. The average Bonchev–Trinajstić information content (AvgIpc) is 2.66. The highest BCUT2D eigenvalue weighted by Gasteiger charge is 2.34. The molecule has 0 aromatic heterocycles. The Labute approximate surface area is 178 Å². The number of likely N-dealkylation sites (tertiary alicyclic amines) is 1. The molecular weight excluding hydrogens is 434 g/mol. The Bertz CT molecular complexity index is 956. The minimum absolute atomic E-state index is 0.0842. The van der Waals surface area contributed by atoms with Gasteiger partial charge >= 0.3 is 0 Å². The van der Waals surface area contributed by atoms with Crippen molar-refractivity contribution in [3.63, 3.8) is 0 Å². The van der Waals surface area contributed by atoms with Crippen molar-refractivity contribution in [2.24, 2.45) is 0 Å². The van der Waals surface area contributed by atoms with Crippen LogP contribution in [-0.2, 0) is 24.1 Å². The van der Waals surface area contributed by atoms with E-state index >= 15 is 0 Å². The molecule has 0 unspecified atom stereocenters. The number of sulfone groups is 1. The van der Waals surface area contributed by atoms with Gasteiger partial charge in [-0.1, -0.05) is 6.92 Å². The topological polar surface area (TPSA) is 127 Å². The van der Waals surface area contributed by atoms with Gasteiger partial charge in [0.2, 0.25) is 0 Å². The smallest absolute Gasteiger partial charge is 0.270 e. The Kier molecular flexibility index (Phi) is 8.20. The summed E-state index contributed by atoms with van der Waals surface area (Å²) in [6.45, 7) is 3.60. The van der Waals surface area contributed by atoms with Gasteiger partial charge in [-0.2, -0.15) is 8.42 Å². The number of nitrogens with zero attached hydrogens (tertiary/aromatic N) is 3. The van der Waals surface area contributed by atoms with Crippen molar-refractivity contribution < 1.29 is 25.9 Å². The SMILES string of the molecule is CCCN(CCOS(C)(=O)=O)c1ccc([N+](=O)[O-])cc1S(=O)(=O)C1CCN(C)CC1. The Hall–Kier alpha value is -1.76. The lowest BCUT2D eigenvalue weighted by Gasteiger charge is -2.31. The van der Waals surface area contributed by atoms with Gasteiger partial charge < -0.3 is 9.80 Å². The molecular formula is C18H29N3O7S2. The maximum atomic E-state index is 13.4. The van der Waals surface area contributed by atoms with E-state index < -0.39 is 30.1 Å². The Morgan fingerprint density at radius 1 is 1.20 bits per heavy atom. The predicted molar refractivity (Wildman–Crippen MR) is 114 cm³/mol. The predicted octanol–water partition coefficient (Wildman–Crippen LogP) is 1.66. The van der Waals surface area contributed by atoms with Gasteiger partial charge in [-0.25, -0.2) is 8.42 Å². The van der Waals surface area contributed by atoms with Crippen LogP contribution in [0.3, 0.4) is 0 Å². The summed E-state index contributed by atoms with van der Waals surface area (Å²) in [4.78, 5) is 14.3. The Balaban J connectivity index is 2.45. The van der Waals surface area contributed by atoms with Gasteiger partial charge in [0, 0.05) is 25.2 Å². The van der Waals surface area contributed by atoms with Gasteiger partial charge in [-0.15, -0.1) is 0 Å². The molecule has 1 heterocycles. The highest BCUT2D eigenvalue weighted by Crippen LogP contribution is 2.34. The largest absolute Gasteiger partial charge is 0.368 e. The molecule has 10 nitrogen and oxygen atoms in total. The molecule has 0 N–H and O–H groups in total. The molecule has 170 valence electrons. The third kappa shape index (κ3) is 6.37. The molecule has 1 aromatic rings. The van der Waals surface area contributed by atoms with Crippen molar-refractivity contribution in [2.75, 3.05) is 51.0 Å². The van der Waals surface area contributed by atoms with Crippen molar-refractivity contribution in [3.8, 4) is 0 Å². The highest BCUT2D eigenvalue weighted by molar-refractivity contribution is 7.92. The fraction of sp³-hybridized carbons (Fsp3) is 0.667. The minimum atomic E-state index is -3.82. The number of hydrogen-bond donors (Lipinski definition) is 0. The van der Waals surface area contributed by atoms with Gasteiger partial charge in [0.05, 0.1) is 33.6 Å². The van der Waals surface area contributed by atoms with E-state index in [1.807, 2.05) is 18.9 Å². The molecule has 12 heteroatoms. The van der Waals surface area contributed by atoms with E-state index in [9.17, 15) is 26.9 Å². The highest BCUT2D eigenvalue weighted by atomic mass is 32.2. The lowest BCUT2D eigenvalue weighted by molar-refractivity contribution is -0.385. The fourth-order valence-electron chi connectivity index (χ4n) is 3.50. The van der Waals surface area contributed by atoms with Crippen LogP contribution in [0.25, 0.3) is 0 Å². The maximum absolute atomic E-state index is 13.4. The van der Waals surface area contributed by atoms with Crippen LogP contribution in [0, 0.1) is 10.1 Å². The van der Waals surface area contributed by atoms with Crippen LogP contribution in [0.15, 0.2) is 23.1 Å². The van der Waals surface area contributed by atoms with Crippen LogP contribution in [0.4, 0.5) is 11.4 Å². The minimum Gasteiger partial charge on any atom is -0.368 e. The van der Waals surface area contributed by atoms with Crippen molar-refractivity contribution in [1.29, 1.82) is 0 Å². The monoisotopic (exact) mass is 463 g/mol. The van der Waals surface area contributed by atoms with Crippen LogP contribution < -0.4 is 4.90 Å². The zero-order valence-corrected chi connectivity index (χ0v) is 19.1. The molecule has 30 heavy (non-hydrogen) atoms. The summed E-state index contributed by atoms with van der Waals surface area (Å²) < 4.78 is 54.2. The van der Waals surface area contributed by atoms with E-state index in [-0.39, 0.29) is 23.7 Å². The van der Waals surface area contributed by atoms with Crippen molar-refractivity contribution in [1.82, 2.24) is 4.90 Å². The molecule has 0 saturated carbocycles. The van der Waals surface area contributed by atoms with Gasteiger partial charge in [-0.3, -0.25) is 14.3 Å². The van der Waals surface area contributed by atoms with Crippen molar-refractivity contribution >= 4 is 31.3 Å². The zero-order chi connectivity index (χ0) is 22.5. The first-order valence-corrected chi connectivity index (χ1v) is 13.1. The van der Waals surface area contributed by atoms with E-state index in [2.05, 4.69) is 0 Å². The van der Waals surface area contributed by atoms with Crippen LogP contribution in [0.1, 0.15) is 26.2 Å². The normalized spacial score (nSPS) is 16.5. The van der Waals surface area contributed by atoms with E-state index in [0.717, 1.165) is 12.3 Å². The molecule has 0 aliphatic carbocycles. The van der Waals surface area contributed by atoms with E-state index in [1.165, 1.54) is 12.1 Å². The molecule has 2 rings (SSSR count). The van der Waals surface area contributed by atoms with Gasteiger partial charge in [0.1, 0.15) is 0 Å². The third-order valence-electron chi connectivity index (χ3n) is 5.06. The number of anilines is 1. The lowest BCUT2D eigenvalue weighted by Crippen LogP contribution is -2.38. The number of hydrogen-bond acceptors (Lipinski definition) is 9. The number of benzene rings is 1. The molecule has 0 radical (unpaired) electrons. The molecule has 0 amide bonds. The van der Waals surface area contributed by atoms with Crippen LogP contribution in [0.5, 0.6) is 0 Å². The fourth-order valence-corrected chi connectivity index (χ4v) is 5.84. The first-order chi connectivity index (χ1) is 14.0. The first kappa shape index (κ1) is 24.5. The molecule has 1 aliphatic rings. The third-order valence-corrected chi connectivity index (χ3v) is 7.94. The number of piperidine rings is 1. The molecule has 1 fully saturated rings. The summed E-state index contributed by atoms with van der Waals surface area (Å²) in [6.07, 6.45) is 2.51. The van der Waals surface area contributed by atoms with Gasteiger partial charge in [0.25, 0.3) is 15.8 Å². The van der Waals surface area contributed by atoms with Crippen LogP contribution in [-0.4, -0.2) is 78.0 Å². The first-order valence-electron chi connectivity index (χ1n) is 9.76. The summed E-state index contributed by atoms with van der Waals surface area (Å²) in [6, 6.07) is 3.81. The quantitative estimate of drug-likeness (QED) is 0.289. The second kappa shape index (κ2) is 10.0. The van der Waals surface area contributed by atoms with Crippen LogP contribution >= 0.6 is 0 Å². The van der Waals surface area contributed by atoms with Crippen LogP contribution in [0.2, 0.25) is 0 Å². The number of nitro groups is 1. The van der Waals surface area contributed by atoms with E-state index in [0.29, 0.717) is 44.6 Å². The molecule has 0 atom stereocenters. The molecule has 1 aliphatic heterocycles. The second-order valence-corrected chi connectivity index (χ2v) is 11.3. The molecule has 1 saturated heterocycles. The molecule has 1 aromatic carbocycles. The van der Waals surface area contributed by atoms with E-state index in [1.54, 1.807) is 4.90 Å². The van der Waals surface area contributed by atoms with Crippen molar-refractivity contribution in [2.45, 2.75) is 36.3 Å². The van der Waals surface area contributed by atoms with Gasteiger partial charge in [-0.05, 0) is 45.5 Å². The number of rotatable bonds is 10. The number of nitro benzene ring substituents is 1. The molecule has 0 spiro atoms. The zero-order valence-electron chi connectivity index (χ0n) is 17.5. The Morgan fingerprint density at radius 3 is 2.37 bits per heavy atom. The summed E-state index contributed by atoms with van der Waals surface area (Å²) in [5.74, 6) is 0. The Morgan fingerprint density at radius 2 is 1.83 bits per heavy atom. The average molecular weight is 464 g/mol. The summed E-state index contributed by atoms with van der Waals surface area (Å²) in [5, 5.41) is 10.7. The number of non-ortho nitro benzene ring substituents is 1. The second-order valence-electron chi connectivity index (χ2n) is 7.47. The summed E-state index contributed by atoms with van der Waals surface area (Å²) in [7, 11) is -5.53. The summed E-state index contributed by atoms with van der Waals surface area (Å²) >= 11 is 0. The van der Waals surface area contributed by atoms with Crippen molar-refractivity contribution in [3.05, 3.63) is 28.3 Å².